The fourth-order valence-electron chi connectivity index (χ4n) is 3.13. The number of methoxy groups -OCH3 is 1. The Labute approximate surface area is 98.2 Å². The van der Waals surface area contributed by atoms with Crippen LogP contribution in [0.3, 0.4) is 0 Å². The van der Waals surface area contributed by atoms with Crippen molar-refractivity contribution < 1.29 is 4.74 Å². The molecule has 2 aliphatic rings. The standard InChI is InChI=1S/C13H22N2O/c1-16-12-6-3-5-11(8-12)15-13-7-2-4-10(13)9-14/h10-13,15H,2-8H2,1H3. The molecule has 16 heavy (non-hydrogen) atoms. The molecule has 0 bridgehead atoms. The average Bonchev–Trinajstić information content (AvgIpc) is 2.76. The molecule has 3 nitrogen and oxygen atoms in total. The first-order valence-electron chi connectivity index (χ1n) is 6.52. The third-order valence-corrected chi connectivity index (χ3v) is 4.09. The lowest BCUT2D eigenvalue weighted by atomic mass is 9.91. The third kappa shape index (κ3) is 2.75. The topological polar surface area (TPSA) is 45.0 Å². The molecule has 0 aromatic rings. The summed E-state index contributed by atoms with van der Waals surface area (Å²) in [6.45, 7) is 0. The highest BCUT2D eigenvalue weighted by atomic mass is 16.5. The smallest absolute Gasteiger partial charge is 0.0672 e. The molecule has 0 saturated heterocycles. The summed E-state index contributed by atoms with van der Waals surface area (Å²) in [5.41, 5.74) is 0. The van der Waals surface area contributed by atoms with Gasteiger partial charge < -0.3 is 10.1 Å². The van der Waals surface area contributed by atoms with E-state index in [9.17, 15) is 0 Å². The Morgan fingerprint density at radius 1 is 1.19 bits per heavy atom. The molecule has 0 aliphatic heterocycles. The van der Waals surface area contributed by atoms with Gasteiger partial charge in [-0.2, -0.15) is 5.26 Å². The van der Waals surface area contributed by atoms with Crippen molar-refractivity contribution in [3.8, 4) is 6.07 Å². The fourth-order valence-corrected chi connectivity index (χ4v) is 3.13. The van der Waals surface area contributed by atoms with Crippen LogP contribution in [0.2, 0.25) is 0 Å². The Morgan fingerprint density at radius 2 is 2.00 bits per heavy atom. The van der Waals surface area contributed by atoms with Gasteiger partial charge in [0.15, 0.2) is 0 Å². The predicted molar refractivity (Wildman–Crippen MR) is 62.9 cm³/mol. The van der Waals surface area contributed by atoms with Crippen LogP contribution in [0.25, 0.3) is 0 Å². The highest BCUT2D eigenvalue weighted by Gasteiger charge is 2.30. The van der Waals surface area contributed by atoms with Crippen molar-refractivity contribution in [2.24, 2.45) is 5.92 Å². The molecule has 0 aromatic carbocycles. The van der Waals surface area contributed by atoms with Crippen LogP contribution in [0.4, 0.5) is 0 Å². The van der Waals surface area contributed by atoms with E-state index in [4.69, 9.17) is 10.00 Å². The number of rotatable bonds is 3. The Morgan fingerprint density at radius 3 is 2.75 bits per heavy atom. The van der Waals surface area contributed by atoms with Gasteiger partial charge in [0.2, 0.25) is 0 Å². The number of nitrogens with zero attached hydrogens (tertiary/aromatic N) is 1. The minimum absolute atomic E-state index is 0.239. The van der Waals surface area contributed by atoms with Gasteiger partial charge in [0.25, 0.3) is 0 Å². The largest absolute Gasteiger partial charge is 0.381 e. The zero-order valence-corrected chi connectivity index (χ0v) is 10.1. The molecule has 2 fully saturated rings. The second-order valence-electron chi connectivity index (χ2n) is 5.16. The minimum Gasteiger partial charge on any atom is -0.381 e. The molecule has 2 aliphatic carbocycles. The summed E-state index contributed by atoms with van der Waals surface area (Å²) in [7, 11) is 1.81. The van der Waals surface area contributed by atoms with E-state index >= 15 is 0 Å². The molecule has 0 spiro atoms. The molecule has 2 saturated carbocycles. The van der Waals surface area contributed by atoms with Gasteiger partial charge in [-0.05, 0) is 38.5 Å². The van der Waals surface area contributed by atoms with Gasteiger partial charge in [-0.25, -0.2) is 0 Å². The van der Waals surface area contributed by atoms with Crippen LogP contribution in [0.15, 0.2) is 0 Å². The fraction of sp³-hybridized carbons (Fsp3) is 0.923. The van der Waals surface area contributed by atoms with Crippen molar-refractivity contribution in [3.63, 3.8) is 0 Å². The summed E-state index contributed by atoms with van der Waals surface area (Å²) in [5, 5.41) is 12.7. The molecular formula is C13H22N2O. The van der Waals surface area contributed by atoms with Gasteiger partial charge >= 0.3 is 0 Å². The molecular weight excluding hydrogens is 200 g/mol. The maximum absolute atomic E-state index is 9.05. The summed E-state index contributed by atoms with van der Waals surface area (Å²) < 4.78 is 5.43. The second-order valence-corrected chi connectivity index (χ2v) is 5.16. The van der Waals surface area contributed by atoms with Crippen LogP contribution in [0.5, 0.6) is 0 Å². The van der Waals surface area contributed by atoms with Gasteiger partial charge in [0, 0.05) is 19.2 Å². The predicted octanol–water partition coefficient (Wildman–Crippen LogP) is 2.23. The van der Waals surface area contributed by atoms with Gasteiger partial charge in [-0.1, -0.05) is 6.42 Å². The average molecular weight is 222 g/mol. The molecule has 0 heterocycles. The lowest BCUT2D eigenvalue weighted by Gasteiger charge is -2.31. The van der Waals surface area contributed by atoms with E-state index in [0.29, 0.717) is 18.2 Å². The summed E-state index contributed by atoms with van der Waals surface area (Å²) >= 11 is 0. The van der Waals surface area contributed by atoms with E-state index < -0.39 is 0 Å². The number of hydrogen-bond donors (Lipinski definition) is 1. The van der Waals surface area contributed by atoms with Crippen LogP contribution in [-0.2, 0) is 4.74 Å². The van der Waals surface area contributed by atoms with Crippen LogP contribution in [0, 0.1) is 17.2 Å². The van der Waals surface area contributed by atoms with Crippen LogP contribution in [-0.4, -0.2) is 25.3 Å². The minimum atomic E-state index is 0.239. The molecule has 0 radical (unpaired) electrons. The maximum atomic E-state index is 9.05. The summed E-state index contributed by atoms with van der Waals surface area (Å²) in [6, 6.07) is 3.44. The third-order valence-electron chi connectivity index (χ3n) is 4.09. The summed E-state index contributed by atoms with van der Waals surface area (Å²) in [5.74, 6) is 0.239. The Balaban J connectivity index is 1.82. The normalized spacial score (nSPS) is 39.5. The molecule has 90 valence electrons. The first kappa shape index (κ1) is 11.9. The Kier molecular flexibility index (Phi) is 4.20. The SMILES string of the molecule is COC1CCCC(NC2CCCC2C#N)C1. The van der Waals surface area contributed by atoms with E-state index in [1.807, 2.05) is 0 Å². The molecule has 3 heteroatoms. The molecule has 4 atom stereocenters. The van der Waals surface area contributed by atoms with E-state index in [1.165, 1.54) is 32.1 Å². The Bertz CT molecular complexity index is 261. The molecule has 1 N–H and O–H groups in total. The lowest BCUT2D eigenvalue weighted by molar-refractivity contribution is 0.0564. The van der Waals surface area contributed by atoms with Gasteiger partial charge in [0.05, 0.1) is 18.1 Å². The highest BCUT2D eigenvalue weighted by Crippen LogP contribution is 2.28. The lowest BCUT2D eigenvalue weighted by Crippen LogP contribution is -2.43. The van der Waals surface area contributed by atoms with Crippen molar-refractivity contribution in [1.82, 2.24) is 5.32 Å². The zero-order valence-electron chi connectivity index (χ0n) is 10.1. The number of nitriles is 1. The molecule has 4 unspecified atom stereocenters. The Hall–Kier alpha value is -0.590. The van der Waals surface area contributed by atoms with E-state index in [-0.39, 0.29) is 5.92 Å². The first-order chi connectivity index (χ1) is 7.83. The van der Waals surface area contributed by atoms with Crippen LogP contribution < -0.4 is 5.32 Å². The van der Waals surface area contributed by atoms with Crippen LogP contribution >= 0.6 is 0 Å². The van der Waals surface area contributed by atoms with Crippen molar-refractivity contribution in [3.05, 3.63) is 0 Å². The second kappa shape index (κ2) is 5.65. The highest BCUT2D eigenvalue weighted by molar-refractivity contribution is 4.98. The van der Waals surface area contributed by atoms with E-state index in [1.54, 1.807) is 7.11 Å². The van der Waals surface area contributed by atoms with E-state index in [2.05, 4.69) is 11.4 Å². The van der Waals surface area contributed by atoms with Crippen molar-refractivity contribution in [2.45, 2.75) is 63.1 Å². The number of nitrogens with one attached hydrogen (secondary N) is 1. The summed E-state index contributed by atoms with van der Waals surface area (Å²) in [4.78, 5) is 0. The van der Waals surface area contributed by atoms with Gasteiger partial charge in [-0.3, -0.25) is 0 Å². The van der Waals surface area contributed by atoms with Crippen molar-refractivity contribution in [2.75, 3.05) is 7.11 Å². The summed E-state index contributed by atoms with van der Waals surface area (Å²) in [6.07, 6.45) is 8.69. The maximum Gasteiger partial charge on any atom is 0.0672 e. The molecule has 2 rings (SSSR count). The zero-order chi connectivity index (χ0) is 11.4. The van der Waals surface area contributed by atoms with Crippen LogP contribution in [0.1, 0.15) is 44.9 Å². The monoisotopic (exact) mass is 222 g/mol. The van der Waals surface area contributed by atoms with E-state index in [0.717, 1.165) is 12.8 Å². The van der Waals surface area contributed by atoms with Gasteiger partial charge in [0.1, 0.15) is 0 Å². The van der Waals surface area contributed by atoms with Crippen molar-refractivity contribution in [1.29, 1.82) is 5.26 Å². The number of hydrogen-bond acceptors (Lipinski definition) is 3. The van der Waals surface area contributed by atoms with Crippen molar-refractivity contribution >= 4 is 0 Å². The first-order valence-corrected chi connectivity index (χ1v) is 6.52. The molecule has 0 amide bonds. The number of ether oxygens (including phenoxy) is 1. The molecule has 0 aromatic heterocycles. The van der Waals surface area contributed by atoms with Gasteiger partial charge in [-0.15, -0.1) is 0 Å². The quantitative estimate of drug-likeness (QED) is 0.796.